The fraction of sp³-hybridized carbons (Fsp3) is 0.400. The highest BCUT2D eigenvalue weighted by Crippen LogP contribution is 2.33. The van der Waals surface area contributed by atoms with E-state index in [1.807, 2.05) is 6.92 Å². The molecule has 1 aromatic rings. The maximum Gasteiger partial charge on any atom is 0.156 e. The minimum absolute atomic E-state index is 0.0472. The fourth-order valence-corrected chi connectivity index (χ4v) is 1.75. The summed E-state index contributed by atoms with van der Waals surface area (Å²) in [6.07, 6.45) is 0.777. The van der Waals surface area contributed by atoms with E-state index in [2.05, 4.69) is 0 Å². The van der Waals surface area contributed by atoms with E-state index >= 15 is 0 Å². The maximum absolute atomic E-state index is 5.94. The van der Waals surface area contributed by atoms with E-state index in [1.54, 1.807) is 18.2 Å². The van der Waals surface area contributed by atoms with Crippen molar-refractivity contribution in [2.75, 3.05) is 5.88 Å². The number of para-hydroxylation sites is 1. The first-order chi connectivity index (χ1) is 6.69. The summed E-state index contributed by atoms with van der Waals surface area (Å²) in [4.78, 5) is 0. The van der Waals surface area contributed by atoms with Crippen molar-refractivity contribution in [2.24, 2.45) is 0 Å². The minimum Gasteiger partial charge on any atom is -0.486 e. The van der Waals surface area contributed by atoms with Gasteiger partial charge in [-0.25, -0.2) is 0 Å². The van der Waals surface area contributed by atoms with Crippen LogP contribution in [0.3, 0.4) is 0 Å². The second-order valence-corrected chi connectivity index (χ2v) is 3.98. The maximum atomic E-state index is 5.94. The van der Waals surface area contributed by atoms with Crippen molar-refractivity contribution in [1.29, 1.82) is 0 Å². The molecule has 0 aliphatic carbocycles. The molecule has 0 saturated heterocycles. The first kappa shape index (κ1) is 12.0. The minimum atomic E-state index is -0.0472. The number of benzene rings is 1. The van der Waals surface area contributed by atoms with Crippen LogP contribution in [-0.2, 0) is 0 Å². The van der Waals surface area contributed by atoms with E-state index in [-0.39, 0.29) is 6.10 Å². The molecule has 0 saturated carbocycles. The van der Waals surface area contributed by atoms with E-state index in [0.29, 0.717) is 21.7 Å². The van der Waals surface area contributed by atoms with Gasteiger partial charge in [0.1, 0.15) is 6.10 Å². The lowest BCUT2D eigenvalue weighted by molar-refractivity contribution is 0.221. The molecule has 1 nitrogen and oxygen atoms in total. The lowest BCUT2D eigenvalue weighted by atomic mass is 10.3. The Bertz CT molecular complexity index is 277. The molecule has 0 aliphatic rings. The number of alkyl halides is 1. The monoisotopic (exact) mass is 252 g/mol. The molecule has 0 aromatic heterocycles. The van der Waals surface area contributed by atoms with Crippen molar-refractivity contribution >= 4 is 34.8 Å². The van der Waals surface area contributed by atoms with Crippen LogP contribution < -0.4 is 4.74 Å². The van der Waals surface area contributed by atoms with Gasteiger partial charge in [-0.1, -0.05) is 36.2 Å². The fourth-order valence-electron chi connectivity index (χ4n) is 0.986. The Hall–Kier alpha value is -0.110. The third kappa shape index (κ3) is 2.94. The zero-order valence-corrected chi connectivity index (χ0v) is 10.0. The quantitative estimate of drug-likeness (QED) is 0.723. The summed E-state index contributed by atoms with van der Waals surface area (Å²) in [7, 11) is 0. The van der Waals surface area contributed by atoms with Crippen molar-refractivity contribution < 1.29 is 4.74 Å². The van der Waals surface area contributed by atoms with Crippen LogP contribution in [0.1, 0.15) is 13.3 Å². The zero-order valence-electron chi connectivity index (χ0n) is 7.77. The number of hydrogen-bond donors (Lipinski definition) is 0. The van der Waals surface area contributed by atoms with Crippen molar-refractivity contribution in [3.8, 4) is 5.75 Å². The average Bonchev–Trinajstić information content (AvgIpc) is 2.18. The van der Waals surface area contributed by atoms with Gasteiger partial charge in [-0.05, 0) is 18.6 Å². The number of ether oxygens (including phenoxy) is 1. The SMILES string of the molecule is CCC(CCl)Oc1c(Cl)cccc1Cl. The summed E-state index contributed by atoms with van der Waals surface area (Å²) in [6.45, 7) is 2.00. The van der Waals surface area contributed by atoms with Crippen LogP contribution in [-0.4, -0.2) is 12.0 Å². The van der Waals surface area contributed by atoms with Gasteiger partial charge in [0, 0.05) is 0 Å². The summed E-state index contributed by atoms with van der Waals surface area (Å²) < 4.78 is 5.58. The van der Waals surface area contributed by atoms with Crippen molar-refractivity contribution in [3.63, 3.8) is 0 Å². The van der Waals surface area contributed by atoms with Crippen LogP contribution in [0.2, 0.25) is 10.0 Å². The molecule has 1 unspecified atom stereocenters. The summed E-state index contributed by atoms with van der Waals surface area (Å²) in [5.74, 6) is 0.946. The topological polar surface area (TPSA) is 9.23 Å². The molecule has 1 atom stereocenters. The second kappa shape index (κ2) is 5.69. The van der Waals surface area contributed by atoms with Gasteiger partial charge in [-0.15, -0.1) is 11.6 Å². The van der Waals surface area contributed by atoms with Crippen LogP contribution >= 0.6 is 34.8 Å². The molecule has 0 radical (unpaired) electrons. The summed E-state index contributed by atoms with van der Waals surface area (Å²) in [6, 6.07) is 5.26. The van der Waals surface area contributed by atoms with Crippen LogP contribution in [0.15, 0.2) is 18.2 Å². The average molecular weight is 254 g/mol. The van der Waals surface area contributed by atoms with Gasteiger partial charge in [-0.2, -0.15) is 0 Å². The van der Waals surface area contributed by atoms with Gasteiger partial charge in [0.2, 0.25) is 0 Å². The molecule has 1 rings (SSSR count). The Kier molecular flexibility index (Phi) is 4.86. The van der Waals surface area contributed by atoms with Crippen molar-refractivity contribution in [3.05, 3.63) is 28.2 Å². The Morgan fingerprint density at radius 2 is 1.86 bits per heavy atom. The predicted molar refractivity (Wildman–Crippen MR) is 61.9 cm³/mol. The van der Waals surface area contributed by atoms with Gasteiger partial charge in [0.25, 0.3) is 0 Å². The lowest BCUT2D eigenvalue weighted by Gasteiger charge is -2.16. The molecule has 4 heteroatoms. The summed E-state index contributed by atoms with van der Waals surface area (Å²) in [5, 5.41) is 1.03. The predicted octanol–water partition coefficient (Wildman–Crippen LogP) is 4.39. The molecule has 1 aromatic carbocycles. The Morgan fingerprint density at radius 1 is 1.29 bits per heavy atom. The molecular formula is C10H11Cl3O. The highest BCUT2D eigenvalue weighted by Gasteiger charge is 2.12. The van der Waals surface area contributed by atoms with E-state index in [0.717, 1.165) is 6.42 Å². The second-order valence-electron chi connectivity index (χ2n) is 2.85. The van der Waals surface area contributed by atoms with Crippen LogP contribution in [0, 0.1) is 0 Å². The van der Waals surface area contributed by atoms with Gasteiger partial charge >= 0.3 is 0 Å². The Balaban J connectivity index is 2.84. The number of hydrogen-bond acceptors (Lipinski definition) is 1. The molecule has 0 bridgehead atoms. The molecule has 14 heavy (non-hydrogen) atoms. The van der Waals surface area contributed by atoms with Gasteiger partial charge in [0.15, 0.2) is 5.75 Å². The third-order valence-electron chi connectivity index (χ3n) is 1.83. The standard InChI is InChI=1S/C10H11Cl3O/c1-2-7(6-11)14-10-8(12)4-3-5-9(10)13/h3-5,7H,2,6H2,1H3. The van der Waals surface area contributed by atoms with Crippen molar-refractivity contribution in [2.45, 2.75) is 19.4 Å². The van der Waals surface area contributed by atoms with Gasteiger partial charge < -0.3 is 4.74 Å². The zero-order chi connectivity index (χ0) is 10.6. The Morgan fingerprint density at radius 3 is 2.29 bits per heavy atom. The Labute approximate surface area is 98.9 Å². The highest BCUT2D eigenvalue weighted by atomic mass is 35.5. The normalized spacial score (nSPS) is 12.6. The van der Waals surface area contributed by atoms with Crippen LogP contribution in [0.25, 0.3) is 0 Å². The molecule has 0 aliphatic heterocycles. The third-order valence-corrected chi connectivity index (χ3v) is 2.77. The molecule has 0 N–H and O–H groups in total. The molecule has 0 spiro atoms. The van der Waals surface area contributed by atoms with Crippen LogP contribution in [0.4, 0.5) is 0 Å². The van der Waals surface area contributed by atoms with Gasteiger partial charge in [0.05, 0.1) is 15.9 Å². The lowest BCUT2D eigenvalue weighted by Crippen LogP contribution is -2.17. The molecule has 0 fully saturated rings. The molecule has 78 valence electrons. The summed E-state index contributed by atoms with van der Waals surface area (Å²) in [5.41, 5.74) is 0. The van der Waals surface area contributed by atoms with E-state index in [1.165, 1.54) is 0 Å². The van der Waals surface area contributed by atoms with Crippen molar-refractivity contribution in [1.82, 2.24) is 0 Å². The highest BCUT2D eigenvalue weighted by molar-refractivity contribution is 6.37. The molecular weight excluding hydrogens is 242 g/mol. The molecule has 0 heterocycles. The first-order valence-corrected chi connectivity index (χ1v) is 5.64. The first-order valence-electron chi connectivity index (χ1n) is 4.35. The van der Waals surface area contributed by atoms with E-state index in [4.69, 9.17) is 39.5 Å². The summed E-state index contributed by atoms with van der Waals surface area (Å²) >= 11 is 17.6. The number of halogens is 3. The smallest absolute Gasteiger partial charge is 0.156 e. The van der Waals surface area contributed by atoms with E-state index < -0.39 is 0 Å². The van der Waals surface area contributed by atoms with E-state index in [9.17, 15) is 0 Å². The van der Waals surface area contributed by atoms with Gasteiger partial charge in [-0.3, -0.25) is 0 Å². The number of rotatable bonds is 4. The van der Waals surface area contributed by atoms with Crippen LogP contribution in [0.5, 0.6) is 5.75 Å². The molecule has 0 amide bonds. The largest absolute Gasteiger partial charge is 0.486 e.